The second-order valence-corrected chi connectivity index (χ2v) is 10.6. The molecule has 198 valence electrons. The summed E-state index contributed by atoms with van der Waals surface area (Å²) >= 11 is 6.27. The molecule has 0 saturated carbocycles. The van der Waals surface area contributed by atoms with Gasteiger partial charge in [-0.1, -0.05) is 30.7 Å². The molecule has 1 aromatic heterocycles. The van der Waals surface area contributed by atoms with Crippen LogP contribution in [0.5, 0.6) is 0 Å². The van der Waals surface area contributed by atoms with Crippen molar-refractivity contribution < 1.29 is 14.4 Å². The van der Waals surface area contributed by atoms with Gasteiger partial charge in [0, 0.05) is 62.5 Å². The minimum Gasteiger partial charge on any atom is -0.345 e. The number of hydrogen-bond acceptors (Lipinski definition) is 5. The summed E-state index contributed by atoms with van der Waals surface area (Å²) < 4.78 is 0. The van der Waals surface area contributed by atoms with Crippen LogP contribution >= 0.6 is 11.6 Å². The molecule has 2 aliphatic heterocycles. The number of carbonyl (C=O) groups is 3. The number of carbonyl (C=O) groups excluding carboxylic acids is 3. The number of hydrogen-bond donors (Lipinski definition) is 1. The zero-order chi connectivity index (χ0) is 26.7. The van der Waals surface area contributed by atoms with Crippen LogP contribution in [0.3, 0.4) is 0 Å². The quantitative estimate of drug-likeness (QED) is 0.592. The molecule has 4 rings (SSSR count). The Morgan fingerprint density at radius 2 is 1.86 bits per heavy atom. The highest BCUT2D eigenvalue weighted by atomic mass is 35.5. The molecule has 0 radical (unpaired) electrons. The van der Waals surface area contributed by atoms with Gasteiger partial charge in [0.2, 0.25) is 11.8 Å². The lowest BCUT2D eigenvalue weighted by Gasteiger charge is -2.39. The predicted octanol–water partition coefficient (Wildman–Crippen LogP) is 3.90. The van der Waals surface area contributed by atoms with Crippen LogP contribution in [0, 0.1) is 6.92 Å². The third-order valence-corrected chi connectivity index (χ3v) is 7.63. The first-order valence-corrected chi connectivity index (χ1v) is 13.4. The van der Waals surface area contributed by atoms with E-state index >= 15 is 0 Å². The Labute approximate surface area is 224 Å². The van der Waals surface area contributed by atoms with Crippen molar-refractivity contribution in [3.05, 3.63) is 57.7 Å². The van der Waals surface area contributed by atoms with Crippen molar-refractivity contribution in [3.63, 3.8) is 0 Å². The molecule has 2 aromatic rings. The van der Waals surface area contributed by atoms with Gasteiger partial charge in [0.1, 0.15) is 11.9 Å². The lowest BCUT2D eigenvalue weighted by Crippen LogP contribution is -2.51. The van der Waals surface area contributed by atoms with Gasteiger partial charge < -0.3 is 15.1 Å². The summed E-state index contributed by atoms with van der Waals surface area (Å²) in [5.41, 5.74) is 3.51. The van der Waals surface area contributed by atoms with Gasteiger partial charge in [0.15, 0.2) is 0 Å². The summed E-state index contributed by atoms with van der Waals surface area (Å²) in [4.78, 5) is 48.6. The summed E-state index contributed by atoms with van der Waals surface area (Å²) in [6, 6.07) is 9.02. The van der Waals surface area contributed by atoms with Crippen molar-refractivity contribution in [2.45, 2.75) is 64.6 Å². The minimum absolute atomic E-state index is 0.0320. The highest BCUT2D eigenvalue weighted by Crippen LogP contribution is 2.29. The van der Waals surface area contributed by atoms with E-state index in [0.717, 1.165) is 49.5 Å². The third kappa shape index (κ3) is 6.30. The second-order valence-electron chi connectivity index (χ2n) is 10.2. The van der Waals surface area contributed by atoms with E-state index in [-0.39, 0.29) is 23.8 Å². The molecule has 37 heavy (non-hydrogen) atoms. The van der Waals surface area contributed by atoms with E-state index in [9.17, 15) is 14.4 Å². The minimum atomic E-state index is -0.525. The van der Waals surface area contributed by atoms with Gasteiger partial charge in [0.05, 0.1) is 0 Å². The van der Waals surface area contributed by atoms with E-state index in [2.05, 4.69) is 34.3 Å². The Kier molecular flexibility index (Phi) is 8.49. The summed E-state index contributed by atoms with van der Waals surface area (Å²) in [7, 11) is 3.36. The topological polar surface area (TPSA) is 85.8 Å². The number of halogens is 1. The lowest BCUT2D eigenvalue weighted by molar-refractivity contribution is -0.136. The number of rotatable bonds is 7. The Balaban J connectivity index is 1.39. The standard InChI is InChI=1S/C28H36ClN5O3/c1-5-20-15-19(6-7-23(20)29)17-33-12-10-22(11-13-33)34-24(8-9-26(34)35)27(36)31-25-16-21(14-18(2)30-25)28(37)32(3)4/h6-7,14-16,22,24H,5,8-13,17H2,1-4H3,(H,30,31,36)/t24-/m1/s1. The summed E-state index contributed by atoms with van der Waals surface area (Å²) in [5.74, 6) is -0.0406. The second kappa shape index (κ2) is 11.6. The zero-order valence-corrected chi connectivity index (χ0v) is 22.8. The molecule has 3 amide bonds. The average molecular weight is 526 g/mol. The maximum atomic E-state index is 13.3. The van der Waals surface area contributed by atoms with E-state index in [1.54, 1.807) is 38.1 Å². The number of pyridine rings is 1. The van der Waals surface area contributed by atoms with E-state index in [4.69, 9.17) is 11.6 Å². The van der Waals surface area contributed by atoms with Crippen LogP contribution in [-0.4, -0.2) is 76.7 Å². The SMILES string of the molecule is CCc1cc(CN2CCC(N3C(=O)CC[C@@H]3C(=O)Nc3cc(C(=O)N(C)C)cc(C)n3)CC2)ccc1Cl. The van der Waals surface area contributed by atoms with Crippen LogP contribution in [0.1, 0.15) is 59.8 Å². The Hall–Kier alpha value is -2.97. The van der Waals surface area contributed by atoms with Gasteiger partial charge in [-0.25, -0.2) is 4.98 Å². The van der Waals surface area contributed by atoms with Gasteiger partial charge >= 0.3 is 0 Å². The number of aryl methyl sites for hydroxylation is 2. The number of anilines is 1. The van der Waals surface area contributed by atoms with Gasteiger partial charge in [0.25, 0.3) is 5.91 Å². The molecule has 8 nitrogen and oxygen atoms in total. The predicted molar refractivity (Wildman–Crippen MR) is 145 cm³/mol. The van der Waals surface area contributed by atoms with Gasteiger partial charge in [-0.2, -0.15) is 0 Å². The zero-order valence-electron chi connectivity index (χ0n) is 22.1. The van der Waals surface area contributed by atoms with Crippen molar-refractivity contribution in [1.82, 2.24) is 19.7 Å². The maximum Gasteiger partial charge on any atom is 0.253 e. The smallest absolute Gasteiger partial charge is 0.253 e. The molecule has 0 unspecified atom stereocenters. The van der Waals surface area contributed by atoms with E-state index in [1.807, 2.05) is 6.07 Å². The molecular weight excluding hydrogens is 490 g/mol. The highest BCUT2D eigenvalue weighted by molar-refractivity contribution is 6.31. The van der Waals surface area contributed by atoms with E-state index < -0.39 is 6.04 Å². The Morgan fingerprint density at radius 3 is 2.54 bits per heavy atom. The van der Waals surface area contributed by atoms with Crippen LogP contribution in [0.4, 0.5) is 5.82 Å². The Morgan fingerprint density at radius 1 is 1.14 bits per heavy atom. The molecule has 9 heteroatoms. The van der Waals surface area contributed by atoms with Crippen molar-refractivity contribution in [2.24, 2.45) is 0 Å². The van der Waals surface area contributed by atoms with Gasteiger partial charge in [-0.05, 0) is 61.9 Å². The van der Waals surface area contributed by atoms with Crippen molar-refractivity contribution in [3.8, 4) is 0 Å². The van der Waals surface area contributed by atoms with E-state index in [1.165, 1.54) is 10.5 Å². The molecule has 1 N–H and O–H groups in total. The Bertz CT molecular complexity index is 1180. The van der Waals surface area contributed by atoms with Crippen LogP contribution in [0.15, 0.2) is 30.3 Å². The van der Waals surface area contributed by atoms with Crippen LogP contribution < -0.4 is 5.32 Å². The van der Waals surface area contributed by atoms with Crippen molar-refractivity contribution in [2.75, 3.05) is 32.5 Å². The molecule has 3 heterocycles. The average Bonchev–Trinajstić information content (AvgIpc) is 3.26. The molecule has 2 saturated heterocycles. The summed E-state index contributed by atoms with van der Waals surface area (Å²) in [6.07, 6.45) is 3.42. The monoisotopic (exact) mass is 525 g/mol. The number of amides is 3. The molecule has 1 aromatic carbocycles. The summed E-state index contributed by atoms with van der Waals surface area (Å²) in [6.45, 7) is 6.47. The first-order chi connectivity index (χ1) is 17.7. The maximum absolute atomic E-state index is 13.3. The number of piperidine rings is 1. The highest BCUT2D eigenvalue weighted by Gasteiger charge is 2.41. The number of nitrogens with one attached hydrogen (secondary N) is 1. The summed E-state index contributed by atoms with van der Waals surface area (Å²) in [5, 5.41) is 3.68. The molecule has 2 aliphatic rings. The van der Waals surface area contributed by atoms with Gasteiger partial charge in [-0.15, -0.1) is 0 Å². The first kappa shape index (κ1) is 27.1. The number of aromatic nitrogens is 1. The number of likely N-dealkylation sites (tertiary alicyclic amines) is 2. The van der Waals surface area contributed by atoms with E-state index in [0.29, 0.717) is 29.9 Å². The fourth-order valence-corrected chi connectivity index (χ4v) is 5.60. The normalized spacial score (nSPS) is 18.8. The fraction of sp³-hybridized carbons (Fsp3) is 0.500. The largest absolute Gasteiger partial charge is 0.345 e. The van der Waals surface area contributed by atoms with Crippen molar-refractivity contribution >= 4 is 35.1 Å². The van der Waals surface area contributed by atoms with Gasteiger partial charge in [-0.3, -0.25) is 19.3 Å². The molecule has 0 aliphatic carbocycles. The first-order valence-electron chi connectivity index (χ1n) is 13.0. The molecule has 2 fully saturated rings. The van der Waals surface area contributed by atoms with Crippen LogP contribution in [-0.2, 0) is 22.6 Å². The number of nitrogens with zero attached hydrogens (tertiary/aromatic N) is 4. The van der Waals surface area contributed by atoms with Crippen LogP contribution in [0.25, 0.3) is 0 Å². The fourth-order valence-electron chi connectivity index (χ4n) is 5.35. The van der Waals surface area contributed by atoms with Crippen LogP contribution in [0.2, 0.25) is 5.02 Å². The molecule has 1 atom stereocenters. The molecular formula is C28H36ClN5O3. The number of benzene rings is 1. The van der Waals surface area contributed by atoms with Crippen molar-refractivity contribution in [1.29, 1.82) is 0 Å². The lowest BCUT2D eigenvalue weighted by atomic mass is 10.0. The molecule has 0 bridgehead atoms. The molecule has 0 spiro atoms. The third-order valence-electron chi connectivity index (χ3n) is 7.26.